The van der Waals surface area contributed by atoms with Gasteiger partial charge in [0, 0.05) is 25.1 Å². The number of nitrogens with zero attached hydrogens (tertiary/aromatic N) is 1. The van der Waals surface area contributed by atoms with Gasteiger partial charge >= 0.3 is 11.9 Å². The molecule has 0 fully saturated rings. The van der Waals surface area contributed by atoms with Crippen LogP contribution in [0.3, 0.4) is 0 Å². The van der Waals surface area contributed by atoms with Crippen molar-refractivity contribution in [1.29, 1.82) is 0 Å². The number of carbonyl (C=O) groups is 3. The Morgan fingerprint density at radius 1 is 1.05 bits per heavy atom. The van der Waals surface area contributed by atoms with Crippen LogP contribution in [0.2, 0.25) is 0 Å². The van der Waals surface area contributed by atoms with Crippen LogP contribution in [0, 0.1) is 19.8 Å². The molecule has 1 heterocycles. The minimum absolute atomic E-state index is 0.00803. The Hall–Kier alpha value is -3.62. The summed E-state index contributed by atoms with van der Waals surface area (Å²) in [6.07, 6.45) is 2.85. The van der Waals surface area contributed by atoms with E-state index in [1.54, 1.807) is 6.92 Å². The molecule has 0 unspecified atom stereocenters. The second-order valence-electron chi connectivity index (χ2n) is 9.39. The number of hydrogen-bond acceptors (Lipinski definition) is 8. The summed E-state index contributed by atoms with van der Waals surface area (Å²) >= 11 is 0. The molecule has 0 spiro atoms. The molecule has 0 aliphatic carbocycles. The molecule has 3 atom stereocenters. The predicted molar refractivity (Wildman–Crippen MR) is 143 cm³/mol. The van der Waals surface area contributed by atoms with Gasteiger partial charge in [-0.05, 0) is 44.7 Å². The first kappa shape index (κ1) is 30.6. The smallest absolute Gasteiger partial charge is 0.328 e. The summed E-state index contributed by atoms with van der Waals surface area (Å²) in [6, 6.07) is 6.89. The summed E-state index contributed by atoms with van der Waals surface area (Å²) < 4.78 is 21.4. The number of benzene rings is 1. The Kier molecular flexibility index (Phi) is 11.6. The zero-order valence-electron chi connectivity index (χ0n) is 23.6. The van der Waals surface area contributed by atoms with E-state index < -0.39 is 36.8 Å². The lowest BCUT2D eigenvalue weighted by atomic mass is 9.77. The number of aryl methyl sites for hydroxylation is 2. The van der Waals surface area contributed by atoms with E-state index in [4.69, 9.17) is 18.9 Å². The highest BCUT2D eigenvalue weighted by atomic mass is 16.7. The van der Waals surface area contributed by atoms with Crippen LogP contribution < -0.4 is 14.8 Å². The van der Waals surface area contributed by atoms with Crippen LogP contribution in [0.5, 0.6) is 11.5 Å². The molecule has 1 N–H and O–H groups in total. The quantitative estimate of drug-likeness (QED) is 0.289. The van der Waals surface area contributed by atoms with E-state index in [0.717, 1.165) is 24.0 Å². The van der Waals surface area contributed by atoms with Gasteiger partial charge in [-0.15, -0.1) is 0 Å². The maximum absolute atomic E-state index is 13.1. The Bertz CT molecular complexity index is 1110. The van der Waals surface area contributed by atoms with Crippen molar-refractivity contribution < 1.29 is 33.3 Å². The maximum Gasteiger partial charge on any atom is 0.328 e. The van der Waals surface area contributed by atoms with Gasteiger partial charge in [0.2, 0.25) is 6.79 Å². The van der Waals surface area contributed by atoms with Gasteiger partial charge < -0.3 is 24.3 Å². The molecule has 0 bridgehead atoms. The number of aromatic nitrogens is 1. The van der Waals surface area contributed by atoms with Crippen molar-refractivity contribution in [3.8, 4) is 11.5 Å². The molecule has 1 aromatic carbocycles. The third-order valence-electron chi connectivity index (χ3n) is 6.62. The monoisotopic (exact) mass is 528 g/mol. The van der Waals surface area contributed by atoms with Crippen LogP contribution in [0.1, 0.15) is 80.6 Å². The molecular weight excluding hydrogens is 488 g/mol. The summed E-state index contributed by atoms with van der Waals surface area (Å²) in [5.74, 6) is -1.21. The number of hydrogen-bond donors (Lipinski definition) is 1. The highest BCUT2D eigenvalue weighted by Gasteiger charge is 2.32. The number of carbonyl (C=O) groups excluding carboxylic acids is 3. The summed E-state index contributed by atoms with van der Waals surface area (Å²) in [7, 11) is 1.41. The number of nitrogens with one attached hydrogen (secondary N) is 1. The number of ether oxygens (including phenoxy) is 4. The predicted octanol–water partition coefficient (Wildman–Crippen LogP) is 4.88. The molecule has 2 aromatic rings. The summed E-state index contributed by atoms with van der Waals surface area (Å²) in [6.45, 7) is 12.7. The molecule has 2 rings (SSSR count). The zero-order valence-corrected chi connectivity index (χ0v) is 23.6. The van der Waals surface area contributed by atoms with Gasteiger partial charge in [-0.1, -0.05) is 50.5 Å². The fraction of sp³-hybridized carbons (Fsp3) is 0.517. The van der Waals surface area contributed by atoms with Crippen molar-refractivity contribution in [2.75, 3.05) is 13.9 Å². The molecule has 1 amide bonds. The average Bonchev–Trinajstić information content (AvgIpc) is 2.87. The van der Waals surface area contributed by atoms with Gasteiger partial charge in [0.15, 0.2) is 17.2 Å². The van der Waals surface area contributed by atoms with E-state index in [-0.39, 0.29) is 23.1 Å². The molecule has 1 aromatic heterocycles. The van der Waals surface area contributed by atoms with E-state index >= 15 is 0 Å². The zero-order chi connectivity index (χ0) is 28.4. The summed E-state index contributed by atoms with van der Waals surface area (Å²) in [4.78, 5) is 41.3. The Balaban J connectivity index is 2.19. The standard InChI is InChI=1S/C29H40N2O7/c1-9-22(10-2)25(23-12-11-17(3)15-18(23)4)20(6)38-29(34)19(5)31-28(33)26-27(37-16-36-21(7)32)24(35-8)13-14-30-26/h11-15,19-20,22,25H,9-10,16H2,1-8H3,(H,31,33)/t19-,20-,25+/m0/s1. The number of methoxy groups -OCH3 is 1. The Morgan fingerprint density at radius 3 is 2.32 bits per heavy atom. The van der Waals surface area contributed by atoms with Gasteiger partial charge in [0.25, 0.3) is 5.91 Å². The molecule has 9 nitrogen and oxygen atoms in total. The minimum Gasteiger partial charge on any atom is -0.493 e. The van der Waals surface area contributed by atoms with E-state index in [0.29, 0.717) is 5.92 Å². The maximum atomic E-state index is 13.1. The second kappa shape index (κ2) is 14.4. The van der Waals surface area contributed by atoms with Crippen LogP contribution in [0.4, 0.5) is 0 Å². The van der Waals surface area contributed by atoms with Crippen LogP contribution in [0.25, 0.3) is 0 Å². The summed E-state index contributed by atoms with van der Waals surface area (Å²) in [5, 5.41) is 2.63. The first-order valence-electron chi connectivity index (χ1n) is 12.9. The molecule has 0 saturated carbocycles. The first-order valence-corrected chi connectivity index (χ1v) is 12.9. The normalized spacial score (nSPS) is 13.3. The van der Waals surface area contributed by atoms with E-state index in [2.05, 4.69) is 56.2 Å². The molecule has 9 heteroatoms. The minimum atomic E-state index is -0.958. The van der Waals surface area contributed by atoms with Gasteiger partial charge in [0.1, 0.15) is 12.1 Å². The van der Waals surface area contributed by atoms with Crippen molar-refractivity contribution in [3.05, 3.63) is 52.8 Å². The third-order valence-corrected chi connectivity index (χ3v) is 6.62. The molecule has 0 saturated heterocycles. The van der Waals surface area contributed by atoms with Gasteiger partial charge in [0.05, 0.1) is 7.11 Å². The van der Waals surface area contributed by atoms with Crippen LogP contribution in [-0.2, 0) is 19.1 Å². The summed E-state index contributed by atoms with van der Waals surface area (Å²) in [5.41, 5.74) is 3.39. The van der Waals surface area contributed by atoms with Crippen LogP contribution >= 0.6 is 0 Å². The van der Waals surface area contributed by atoms with E-state index in [1.807, 2.05) is 6.92 Å². The molecule has 0 aliphatic rings. The second-order valence-corrected chi connectivity index (χ2v) is 9.39. The van der Waals surface area contributed by atoms with E-state index in [1.165, 1.54) is 31.9 Å². The van der Waals surface area contributed by atoms with E-state index in [9.17, 15) is 14.4 Å². The SMILES string of the molecule is CCC(CC)[C@H](c1ccc(C)cc1C)[C@H](C)OC(=O)[C@H](C)NC(=O)c1nccc(OC)c1OCOC(C)=O. The van der Waals surface area contributed by atoms with Crippen molar-refractivity contribution in [3.63, 3.8) is 0 Å². The fourth-order valence-electron chi connectivity index (χ4n) is 4.63. The van der Waals surface area contributed by atoms with Gasteiger partial charge in [-0.2, -0.15) is 0 Å². The number of esters is 2. The largest absolute Gasteiger partial charge is 0.493 e. The molecule has 0 radical (unpaired) electrons. The van der Waals surface area contributed by atoms with Crippen molar-refractivity contribution >= 4 is 17.8 Å². The number of amides is 1. The van der Waals surface area contributed by atoms with Gasteiger partial charge in [-0.3, -0.25) is 9.59 Å². The Labute approximate surface area is 225 Å². The average molecular weight is 529 g/mol. The van der Waals surface area contributed by atoms with Gasteiger partial charge in [-0.25, -0.2) is 9.78 Å². The van der Waals surface area contributed by atoms with Crippen molar-refractivity contribution in [1.82, 2.24) is 10.3 Å². The lowest BCUT2D eigenvalue weighted by Crippen LogP contribution is -2.42. The number of rotatable bonds is 13. The molecule has 38 heavy (non-hydrogen) atoms. The Morgan fingerprint density at radius 2 is 1.74 bits per heavy atom. The van der Waals surface area contributed by atoms with Crippen molar-refractivity contribution in [2.24, 2.45) is 5.92 Å². The lowest BCUT2D eigenvalue weighted by molar-refractivity contribution is -0.152. The number of pyridine rings is 1. The molecule has 0 aliphatic heterocycles. The van der Waals surface area contributed by atoms with Crippen LogP contribution in [-0.4, -0.2) is 48.9 Å². The fourth-order valence-corrected chi connectivity index (χ4v) is 4.63. The topological polar surface area (TPSA) is 113 Å². The van der Waals surface area contributed by atoms with Crippen molar-refractivity contribution in [2.45, 2.75) is 79.4 Å². The first-order chi connectivity index (χ1) is 18.0. The highest BCUT2D eigenvalue weighted by molar-refractivity contribution is 5.98. The van der Waals surface area contributed by atoms with Crippen LogP contribution in [0.15, 0.2) is 30.5 Å². The molecular formula is C29H40N2O7. The lowest BCUT2D eigenvalue weighted by Gasteiger charge is -2.33. The third kappa shape index (κ3) is 7.94. The highest BCUT2D eigenvalue weighted by Crippen LogP contribution is 2.36. The molecule has 208 valence electrons.